The molecule has 4 nitrogen and oxygen atoms in total. The summed E-state index contributed by atoms with van der Waals surface area (Å²) in [7, 11) is 0. The van der Waals surface area contributed by atoms with Crippen molar-refractivity contribution in [2.24, 2.45) is 0 Å². The zero-order valence-corrected chi connectivity index (χ0v) is 10.4. The quantitative estimate of drug-likeness (QED) is 0.832. The number of thiophene rings is 2. The first-order valence-corrected chi connectivity index (χ1v) is 6.66. The van der Waals surface area contributed by atoms with E-state index in [2.05, 4.69) is 10.9 Å². The minimum absolute atomic E-state index is 0.225. The lowest BCUT2D eigenvalue weighted by Gasteiger charge is -2.04. The number of nitrogens with one attached hydrogen (secondary N) is 2. The average molecular weight is 266 g/mol. The average Bonchev–Trinajstić information content (AvgIpc) is 2.97. The predicted octanol–water partition coefficient (Wildman–Crippen LogP) is 1.81. The van der Waals surface area contributed by atoms with Crippen LogP contribution < -0.4 is 10.9 Å². The Kier molecular flexibility index (Phi) is 3.89. The number of rotatable bonds is 3. The highest BCUT2D eigenvalue weighted by molar-refractivity contribution is 7.12. The third-order valence-electron chi connectivity index (χ3n) is 1.98. The van der Waals surface area contributed by atoms with E-state index in [0.29, 0.717) is 4.88 Å². The van der Waals surface area contributed by atoms with Gasteiger partial charge in [-0.2, -0.15) is 0 Å². The summed E-state index contributed by atoms with van der Waals surface area (Å²) >= 11 is 2.84. The fourth-order valence-electron chi connectivity index (χ4n) is 1.21. The number of amides is 2. The second-order valence-electron chi connectivity index (χ2n) is 3.24. The Bertz CT molecular complexity index is 492. The molecule has 2 N–H and O–H groups in total. The van der Waals surface area contributed by atoms with E-state index < -0.39 is 0 Å². The van der Waals surface area contributed by atoms with Gasteiger partial charge in [-0.15, -0.1) is 22.7 Å². The Labute approximate surface area is 106 Å². The van der Waals surface area contributed by atoms with Gasteiger partial charge in [-0.05, 0) is 22.9 Å². The van der Waals surface area contributed by atoms with Crippen molar-refractivity contribution in [3.05, 3.63) is 44.8 Å². The van der Waals surface area contributed by atoms with Crippen LogP contribution in [0.4, 0.5) is 0 Å². The zero-order valence-electron chi connectivity index (χ0n) is 8.80. The molecule has 88 valence electrons. The first-order chi connectivity index (χ1) is 8.25. The van der Waals surface area contributed by atoms with Crippen molar-refractivity contribution >= 4 is 34.5 Å². The highest BCUT2D eigenvalue weighted by Crippen LogP contribution is 2.09. The van der Waals surface area contributed by atoms with Crippen LogP contribution >= 0.6 is 22.7 Å². The van der Waals surface area contributed by atoms with E-state index in [0.717, 1.165) is 4.88 Å². The molecule has 0 fully saturated rings. The van der Waals surface area contributed by atoms with Gasteiger partial charge in [0.25, 0.3) is 5.91 Å². The number of hydrogen-bond donors (Lipinski definition) is 2. The van der Waals surface area contributed by atoms with Gasteiger partial charge in [0.2, 0.25) is 5.91 Å². The van der Waals surface area contributed by atoms with E-state index in [4.69, 9.17) is 0 Å². The summed E-state index contributed by atoms with van der Waals surface area (Å²) in [5, 5.41) is 3.72. The summed E-state index contributed by atoms with van der Waals surface area (Å²) in [4.78, 5) is 24.5. The molecule has 0 saturated heterocycles. The largest absolute Gasteiger partial charge is 0.279 e. The molecule has 0 aliphatic heterocycles. The third-order valence-corrected chi connectivity index (χ3v) is 3.72. The smallest absolute Gasteiger partial charge is 0.273 e. The van der Waals surface area contributed by atoms with Gasteiger partial charge >= 0.3 is 0 Å². The molecule has 0 aliphatic rings. The van der Waals surface area contributed by atoms with Gasteiger partial charge in [-0.3, -0.25) is 20.4 Å². The van der Waals surface area contributed by atoms with Gasteiger partial charge in [0.05, 0.1) is 11.3 Å². The van der Waals surface area contributed by atoms with E-state index in [-0.39, 0.29) is 18.2 Å². The molecule has 0 atom stereocenters. The van der Waals surface area contributed by atoms with Crippen LogP contribution in [-0.2, 0) is 11.2 Å². The van der Waals surface area contributed by atoms with Crippen molar-refractivity contribution in [2.75, 3.05) is 0 Å². The third kappa shape index (κ3) is 3.40. The molecule has 0 aliphatic carbocycles. The number of hydrogen-bond acceptors (Lipinski definition) is 4. The van der Waals surface area contributed by atoms with Gasteiger partial charge in [-0.1, -0.05) is 12.1 Å². The van der Waals surface area contributed by atoms with Crippen molar-refractivity contribution in [2.45, 2.75) is 6.42 Å². The van der Waals surface area contributed by atoms with E-state index in [1.807, 2.05) is 22.9 Å². The Morgan fingerprint density at radius 3 is 2.47 bits per heavy atom. The van der Waals surface area contributed by atoms with Crippen LogP contribution in [0.5, 0.6) is 0 Å². The number of hydrazine groups is 1. The topological polar surface area (TPSA) is 58.2 Å². The Hall–Kier alpha value is -1.66. The lowest BCUT2D eigenvalue weighted by Crippen LogP contribution is -2.42. The van der Waals surface area contributed by atoms with Gasteiger partial charge in [0, 0.05) is 4.88 Å². The van der Waals surface area contributed by atoms with Gasteiger partial charge in [-0.25, -0.2) is 0 Å². The molecular weight excluding hydrogens is 256 g/mol. The first-order valence-electron chi connectivity index (χ1n) is 4.91. The van der Waals surface area contributed by atoms with Gasteiger partial charge in [0.15, 0.2) is 0 Å². The molecule has 0 unspecified atom stereocenters. The summed E-state index contributed by atoms with van der Waals surface area (Å²) in [6.07, 6.45) is 0.280. The van der Waals surface area contributed by atoms with Crippen molar-refractivity contribution in [3.8, 4) is 0 Å². The Morgan fingerprint density at radius 1 is 1.06 bits per heavy atom. The second-order valence-corrected chi connectivity index (χ2v) is 5.22. The molecule has 6 heteroatoms. The van der Waals surface area contributed by atoms with E-state index in [1.165, 1.54) is 22.7 Å². The molecule has 2 rings (SSSR count). The summed E-state index contributed by atoms with van der Waals surface area (Å²) in [5.74, 6) is -0.517. The van der Waals surface area contributed by atoms with Crippen LogP contribution in [0.25, 0.3) is 0 Å². The first kappa shape index (κ1) is 11.8. The van der Waals surface area contributed by atoms with Crippen LogP contribution in [-0.4, -0.2) is 11.8 Å². The highest BCUT2D eigenvalue weighted by Gasteiger charge is 2.08. The van der Waals surface area contributed by atoms with Crippen molar-refractivity contribution in [3.63, 3.8) is 0 Å². The van der Waals surface area contributed by atoms with E-state index >= 15 is 0 Å². The van der Waals surface area contributed by atoms with Gasteiger partial charge < -0.3 is 0 Å². The van der Waals surface area contributed by atoms with Crippen molar-refractivity contribution < 1.29 is 9.59 Å². The van der Waals surface area contributed by atoms with Crippen LogP contribution in [0.15, 0.2) is 35.0 Å². The van der Waals surface area contributed by atoms with Gasteiger partial charge in [0.1, 0.15) is 0 Å². The summed E-state index contributed by atoms with van der Waals surface area (Å²) in [6, 6.07) is 7.25. The van der Waals surface area contributed by atoms with Crippen LogP contribution in [0, 0.1) is 0 Å². The Balaban J connectivity index is 1.79. The molecule has 2 aromatic rings. The van der Waals surface area contributed by atoms with E-state index in [1.54, 1.807) is 12.1 Å². The minimum Gasteiger partial charge on any atom is -0.273 e. The lowest BCUT2D eigenvalue weighted by molar-refractivity contribution is -0.121. The predicted molar refractivity (Wildman–Crippen MR) is 68.0 cm³/mol. The summed E-state index contributed by atoms with van der Waals surface area (Å²) < 4.78 is 0. The molecule has 17 heavy (non-hydrogen) atoms. The highest BCUT2D eigenvalue weighted by atomic mass is 32.1. The maximum Gasteiger partial charge on any atom is 0.279 e. The lowest BCUT2D eigenvalue weighted by atomic mass is 10.3. The molecule has 0 saturated carbocycles. The van der Waals surface area contributed by atoms with Crippen LogP contribution in [0.3, 0.4) is 0 Å². The van der Waals surface area contributed by atoms with E-state index in [9.17, 15) is 9.59 Å². The molecule has 0 radical (unpaired) electrons. The second kappa shape index (κ2) is 5.60. The van der Waals surface area contributed by atoms with Crippen LogP contribution in [0.2, 0.25) is 0 Å². The molecule has 2 heterocycles. The van der Waals surface area contributed by atoms with Crippen molar-refractivity contribution in [1.29, 1.82) is 0 Å². The summed E-state index contributed by atoms with van der Waals surface area (Å²) in [5.41, 5.74) is 4.76. The fourth-order valence-corrected chi connectivity index (χ4v) is 2.53. The normalized spacial score (nSPS) is 9.88. The van der Waals surface area contributed by atoms with Crippen molar-refractivity contribution in [1.82, 2.24) is 10.9 Å². The van der Waals surface area contributed by atoms with Crippen LogP contribution in [0.1, 0.15) is 14.5 Å². The zero-order chi connectivity index (χ0) is 12.1. The molecule has 0 aromatic carbocycles. The standard InChI is InChI=1S/C11H10N2O2S2/c14-10(7-8-3-1-5-16-8)12-13-11(15)9-4-2-6-17-9/h1-6H,7H2,(H,12,14)(H,13,15). The monoisotopic (exact) mass is 266 g/mol. The number of carbonyl (C=O) groups excluding carboxylic acids is 2. The molecule has 0 spiro atoms. The number of carbonyl (C=O) groups is 2. The summed E-state index contributed by atoms with van der Waals surface area (Å²) in [6.45, 7) is 0. The molecular formula is C11H10N2O2S2. The Morgan fingerprint density at radius 2 is 1.82 bits per heavy atom. The fraction of sp³-hybridized carbons (Fsp3) is 0.0909. The minimum atomic E-state index is -0.292. The molecule has 2 aromatic heterocycles. The maximum atomic E-state index is 11.5. The molecule has 0 bridgehead atoms. The maximum absolute atomic E-state index is 11.5. The molecule has 2 amide bonds. The SMILES string of the molecule is O=C(Cc1cccs1)NNC(=O)c1cccs1.